The van der Waals surface area contributed by atoms with E-state index in [4.69, 9.17) is 9.84 Å². The van der Waals surface area contributed by atoms with Crippen molar-refractivity contribution in [2.24, 2.45) is 12.5 Å². The molecule has 2 atom stereocenters. The van der Waals surface area contributed by atoms with E-state index in [9.17, 15) is 13.2 Å². The zero-order valence-corrected chi connectivity index (χ0v) is 13.3. The lowest BCUT2D eigenvalue weighted by Crippen LogP contribution is -2.61. The van der Waals surface area contributed by atoms with Crippen molar-refractivity contribution in [3.63, 3.8) is 0 Å². The maximum Gasteiger partial charge on any atom is 0.352 e. The van der Waals surface area contributed by atoms with Gasteiger partial charge in [-0.1, -0.05) is 13.8 Å². The molecule has 1 aliphatic rings. The van der Waals surface area contributed by atoms with Crippen LogP contribution in [0.3, 0.4) is 0 Å². The first-order chi connectivity index (χ1) is 9.59. The number of ether oxygens (including phenoxy) is 1. The van der Waals surface area contributed by atoms with E-state index in [2.05, 4.69) is 4.72 Å². The predicted molar refractivity (Wildman–Crippen MR) is 75.7 cm³/mol. The molecule has 0 spiro atoms. The summed E-state index contributed by atoms with van der Waals surface area (Å²) in [5.41, 5.74) is -0.371. The van der Waals surface area contributed by atoms with Gasteiger partial charge in [-0.25, -0.2) is 17.9 Å². The minimum atomic E-state index is -3.75. The number of aromatic nitrogens is 1. The number of nitrogens with zero attached hydrogens (tertiary/aromatic N) is 1. The Morgan fingerprint density at radius 2 is 2.14 bits per heavy atom. The van der Waals surface area contributed by atoms with E-state index >= 15 is 0 Å². The van der Waals surface area contributed by atoms with Crippen LogP contribution in [-0.2, 0) is 21.8 Å². The summed E-state index contributed by atoms with van der Waals surface area (Å²) in [4.78, 5) is 10.9. The third-order valence-corrected chi connectivity index (χ3v) is 5.71. The molecule has 8 heteroatoms. The highest BCUT2D eigenvalue weighted by atomic mass is 32.2. The number of aryl methyl sites for hydroxylation is 1. The van der Waals surface area contributed by atoms with Crippen LogP contribution < -0.4 is 4.72 Å². The fourth-order valence-electron chi connectivity index (χ4n) is 2.63. The lowest BCUT2D eigenvalue weighted by molar-refractivity contribution is -0.0908. The van der Waals surface area contributed by atoms with Crippen molar-refractivity contribution in [1.82, 2.24) is 9.29 Å². The van der Waals surface area contributed by atoms with Gasteiger partial charge >= 0.3 is 5.97 Å². The highest BCUT2D eigenvalue weighted by Gasteiger charge is 2.50. The highest BCUT2D eigenvalue weighted by molar-refractivity contribution is 7.89. The van der Waals surface area contributed by atoms with E-state index in [-0.39, 0.29) is 28.2 Å². The molecule has 0 radical (unpaired) electrons. The smallest absolute Gasteiger partial charge is 0.352 e. The summed E-state index contributed by atoms with van der Waals surface area (Å²) in [6.07, 6.45) is 1.91. The molecule has 0 aliphatic heterocycles. The number of aromatic carboxylic acids is 1. The van der Waals surface area contributed by atoms with Crippen molar-refractivity contribution in [3.05, 3.63) is 18.0 Å². The van der Waals surface area contributed by atoms with Crippen LogP contribution in [-0.4, -0.2) is 43.3 Å². The van der Waals surface area contributed by atoms with Crippen molar-refractivity contribution < 1.29 is 23.1 Å². The fraction of sp³-hybridized carbons (Fsp3) is 0.615. The second kappa shape index (κ2) is 5.11. The molecule has 2 N–H and O–H groups in total. The fourth-order valence-corrected chi connectivity index (χ4v) is 4.11. The molecular formula is C13H20N2O5S. The maximum absolute atomic E-state index is 12.3. The molecule has 0 bridgehead atoms. The number of sulfonamides is 1. The standard InChI is InChI=1S/C13H20N2O5S/c1-13(2)10(6-11(13)20-4)14-21(18,19)8-5-9(12(16)17)15(3)7-8/h5,7,10-11,14H,6H2,1-4H3,(H,16,17). The minimum absolute atomic E-state index is 0.00977. The van der Waals surface area contributed by atoms with Crippen molar-refractivity contribution in [2.45, 2.75) is 37.3 Å². The van der Waals surface area contributed by atoms with Gasteiger partial charge in [0, 0.05) is 31.8 Å². The third kappa shape index (κ3) is 2.70. The van der Waals surface area contributed by atoms with Gasteiger partial charge in [-0.05, 0) is 12.5 Å². The number of hydrogen-bond acceptors (Lipinski definition) is 4. The van der Waals surface area contributed by atoms with Gasteiger partial charge in [0.1, 0.15) is 10.6 Å². The van der Waals surface area contributed by atoms with Gasteiger partial charge in [-0.2, -0.15) is 0 Å². The van der Waals surface area contributed by atoms with E-state index in [1.807, 2.05) is 13.8 Å². The summed E-state index contributed by atoms with van der Waals surface area (Å²) in [5.74, 6) is -1.16. The summed E-state index contributed by atoms with van der Waals surface area (Å²) in [6, 6.07) is 0.922. The van der Waals surface area contributed by atoms with E-state index in [1.54, 1.807) is 7.11 Å². The molecule has 7 nitrogen and oxygen atoms in total. The van der Waals surface area contributed by atoms with E-state index in [0.29, 0.717) is 6.42 Å². The number of methoxy groups -OCH3 is 1. The molecular weight excluding hydrogens is 296 g/mol. The lowest BCUT2D eigenvalue weighted by Gasteiger charge is -2.50. The first kappa shape index (κ1) is 16.0. The highest BCUT2D eigenvalue weighted by Crippen LogP contribution is 2.43. The SMILES string of the molecule is COC1CC(NS(=O)(=O)c2cc(C(=O)O)n(C)c2)C1(C)C. The Kier molecular flexibility index (Phi) is 3.90. The molecule has 1 aromatic heterocycles. The van der Waals surface area contributed by atoms with Gasteiger partial charge in [0.25, 0.3) is 0 Å². The molecule has 0 saturated heterocycles. The zero-order chi connectivity index (χ0) is 16.0. The van der Waals surface area contributed by atoms with Gasteiger partial charge in [-0.15, -0.1) is 0 Å². The third-order valence-electron chi connectivity index (χ3n) is 4.27. The van der Waals surface area contributed by atoms with Crippen LogP contribution in [0.25, 0.3) is 0 Å². The van der Waals surface area contributed by atoms with Gasteiger partial charge in [0.2, 0.25) is 10.0 Å². The van der Waals surface area contributed by atoms with E-state index in [0.717, 1.165) is 6.07 Å². The van der Waals surface area contributed by atoms with E-state index < -0.39 is 16.0 Å². The first-order valence-corrected chi connectivity index (χ1v) is 8.02. The number of carboxylic acid groups (broad SMARTS) is 1. The minimum Gasteiger partial charge on any atom is -0.477 e. The summed E-state index contributed by atoms with van der Waals surface area (Å²) >= 11 is 0. The number of nitrogens with one attached hydrogen (secondary N) is 1. The zero-order valence-electron chi connectivity index (χ0n) is 12.5. The van der Waals surface area contributed by atoms with Crippen LogP contribution in [0, 0.1) is 5.41 Å². The van der Waals surface area contributed by atoms with Gasteiger partial charge in [0.15, 0.2) is 0 Å². The molecule has 1 heterocycles. The molecule has 0 aromatic carbocycles. The molecule has 2 rings (SSSR count). The first-order valence-electron chi connectivity index (χ1n) is 6.54. The number of hydrogen-bond donors (Lipinski definition) is 2. The Hall–Kier alpha value is -1.38. The van der Waals surface area contributed by atoms with Crippen LogP contribution in [0.2, 0.25) is 0 Å². The second-order valence-corrected chi connectivity index (χ2v) is 7.65. The summed E-state index contributed by atoms with van der Waals surface area (Å²) in [7, 11) is -0.647. The molecule has 0 amide bonds. The molecule has 1 aliphatic carbocycles. The Labute approximate surface area is 124 Å². The van der Waals surface area contributed by atoms with Crippen molar-refractivity contribution >= 4 is 16.0 Å². The predicted octanol–water partition coefficient (Wildman–Crippen LogP) is 0.815. The van der Waals surface area contributed by atoms with Crippen LogP contribution >= 0.6 is 0 Å². The summed E-state index contributed by atoms with van der Waals surface area (Å²) in [6.45, 7) is 3.87. The molecule has 118 valence electrons. The van der Waals surface area contributed by atoms with E-state index in [1.165, 1.54) is 17.8 Å². The topological polar surface area (TPSA) is 97.6 Å². The second-order valence-electron chi connectivity index (χ2n) is 5.93. The quantitative estimate of drug-likeness (QED) is 0.838. The Bertz CT molecular complexity index is 662. The van der Waals surface area contributed by atoms with Gasteiger partial charge in [-0.3, -0.25) is 0 Å². The van der Waals surface area contributed by atoms with Crippen LogP contribution in [0.5, 0.6) is 0 Å². The maximum atomic E-state index is 12.3. The van der Waals surface area contributed by atoms with Crippen molar-refractivity contribution in [2.75, 3.05) is 7.11 Å². The average molecular weight is 316 g/mol. The Balaban J connectivity index is 2.21. The molecule has 21 heavy (non-hydrogen) atoms. The average Bonchev–Trinajstić information content (AvgIpc) is 2.77. The lowest BCUT2D eigenvalue weighted by atomic mass is 9.65. The largest absolute Gasteiger partial charge is 0.477 e. The Morgan fingerprint density at radius 1 is 1.52 bits per heavy atom. The van der Waals surface area contributed by atoms with Gasteiger partial charge in [0.05, 0.1) is 6.10 Å². The van der Waals surface area contributed by atoms with Crippen molar-refractivity contribution in [1.29, 1.82) is 0 Å². The monoisotopic (exact) mass is 316 g/mol. The van der Waals surface area contributed by atoms with Crippen LogP contribution in [0.1, 0.15) is 30.8 Å². The summed E-state index contributed by atoms with van der Waals surface area (Å²) in [5, 5.41) is 8.98. The molecule has 1 fully saturated rings. The van der Waals surface area contributed by atoms with Gasteiger partial charge < -0.3 is 14.4 Å². The summed E-state index contributed by atoms with van der Waals surface area (Å²) < 4.78 is 33.9. The Morgan fingerprint density at radius 3 is 2.57 bits per heavy atom. The number of carboxylic acids is 1. The molecule has 1 saturated carbocycles. The van der Waals surface area contributed by atoms with Crippen LogP contribution in [0.15, 0.2) is 17.2 Å². The van der Waals surface area contributed by atoms with Crippen LogP contribution in [0.4, 0.5) is 0 Å². The van der Waals surface area contributed by atoms with Crippen molar-refractivity contribution in [3.8, 4) is 0 Å². The normalized spacial score (nSPS) is 24.6. The number of rotatable bonds is 5. The molecule has 2 unspecified atom stereocenters. The number of carbonyl (C=O) groups is 1. The molecule has 1 aromatic rings.